The third kappa shape index (κ3) is 2.01. The smallest absolute Gasteiger partial charge is 0.278 e. The molecule has 1 aromatic heterocycles. The topological polar surface area (TPSA) is 61.3 Å². The average Bonchev–Trinajstić information content (AvgIpc) is 2.35. The molecule has 0 radical (unpaired) electrons. The van der Waals surface area contributed by atoms with E-state index in [1.807, 2.05) is 0 Å². The number of ether oxygens (including phenoxy) is 2. The molecule has 5 nitrogen and oxygen atoms in total. The first-order chi connectivity index (χ1) is 8.19. The fourth-order valence-corrected chi connectivity index (χ4v) is 1.70. The maximum absolute atomic E-state index is 10.9. The van der Waals surface area contributed by atoms with Gasteiger partial charge in [-0.2, -0.15) is 0 Å². The van der Waals surface area contributed by atoms with Crippen LogP contribution < -0.4 is 9.47 Å². The monoisotopic (exact) mass is 252 g/mol. The highest BCUT2D eigenvalue weighted by molar-refractivity contribution is 6.31. The minimum absolute atomic E-state index is 0.227. The van der Waals surface area contributed by atoms with E-state index in [2.05, 4.69) is 9.97 Å². The maximum Gasteiger partial charge on any atom is 0.278 e. The second kappa shape index (κ2) is 4.55. The SMILES string of the molecule is COc1nc2cc(Cl)cc(C=O)c2nc1OC. The number of benzene rings is 1. The fraction of sp³-hybridized carbons (Fsp3) is 0.182. The summed E-state index contributed by atoms with van der Waals surface area (Å²) in [6, 6.07) is 3.14. The van der Waals surface area contributed by atoms with Crippen LogP contribution in [0.25, 0.3) is 11.0 Å². The van der Waals surface area contributed by atoms with E-state index in [0.29, 0.717) is 27.9 Å². The maximum atomic E-state index is 10.9. The Morgan fingerprint density at radius 2 is 1.82 bits per heavy atom. The molecule has 88 valence electrons. The summed E-state index contributed by atoms with van der Waals surface area (Å²) in [5.41, 5.74) is 1.28. The Balaban J connectivity index is 2.81. The molecule has 17 heavy (non-hydrogen) atoms. The molecule has 0 N–H and O–H groups in total. The predicted molar refractivity (Wildman–Crippen MR) is 63.0 cm³/mol. The summed E-state index contributed by atoms with van der Waals surface area (Å²) in [4.78, 5) is 19.3. The highest BCUT2D eigenvalue weighted by Crippen LogP contribution is 2.28. The second-order valence-corrected chi connectivity index (χ2v) is 3.66. The lowest BCUT2D eigenvalue weighted by molar-refractivity contribution is 0.112. The molecule has 1 heterocycles. The van der Waals surface area contributed by atoms with Gasteiger partial charge >= 0.3 is 0 Å². The number of methoxy groups -OCH3 is 2. The zero-order chi connectivity index (χ0) is 12.4. The van der Waals surface area contributed by atoms with E-state index in [0.717, 1.165) is 0 Å². The van der Waals surface area contributed by atoms with E-state index in [-0.39, 0.29) is 11.8 Å². The molecule has 0 amide bonds. The Morgan fingerprint density at radius 1 is 1.18 bits per heavy atom. The standard InChI is InChI=1S/C11H9ClN2O3/c1-16-10-11(17-2)14-9-6(5-15)3-7(12)4-8(9)13-10/h3-5H,1-2H3. The lowest BCUT2D eigenvalue weighted by Crippen LogP contribution is -1.99. The van der Waals surface area contributed by atoms with Gasteiger partial charge in [0.1, 0.15) is 5.52 Å². The molecule has 1 aromatic carbocycles. The summed E-state index contributed by atoms with van der Waals surface area (Å²) in [6.45, 7) is 0. The van der Waals surface area contributed by atoms with E-state index in [9.17, 15) is 4.79 Å². The Kier molecular flexibility index (Phi) is 3.10. The van der Waals surface area contributed by atoms with Gasteiger partial charge in [-0.1, -0.05) is 11.6 Å². The summed E-state index contributed by atoms with van der Waals surface area (Å²) >= 11 is 5.87. The van der Waals surface area contributed by atoms with Gasteiger partial charge in [-0.05, 0) is 12.1 Å². The van der Waals surface area contributed by atoms with Crippen LogP contribution in [0.3, 0.4) is 0 Å². The largest absolute Gasteiger partial charge is 0.477 e. The van der Waals surface area contributed by atoms with Crippen LogP contribution in [0.1, 0.15) is 10.4 Å². The molecule has 0 atom stereocenters. The van der Waals surface area contributed by atoms with Gasteiger partial charge in [-0.15, -0.1) is 0 Å². The van der Waals surface area contributed by atoms with Gasteiger partial charge in [0.25, 0.3) is 11.8 Å². The van der Waals surface area contributed by atoms with Crippen LogP contribution in [0.4, 0.5) is 0 Å². The minimum Gasteiger partial charge on any atom is -0.477 e. The summed E-state index contributed by atoms with van der Waals surface area (Å²) in [7, 11) is 2.92. The molecule has 0 unspecified atom stereocenters. The second-order valence-electron chi connectivity index (χ2n) is 3.22. The molecule has 0 aliphatic heterocycles. The van der Waals surface area contributed by atoms with Gasteiger partial charge < -0.3 is 9.47 Å². The molecule has 0 bridgehead atoms. The Morgan fingerprint density at radius 3 is 2.41 bits per heavy atom. The van der Waals surface area contributed by atoms with Crippen molar-refractivity contribution in [2.75, 3.05) is 14.2 Å². The highest BCUT2D eigenvalue weighted by Gasteiger charge is 2.13. The normalized spacial score (nSPS) is 10.3. The van der Waals surface area contributed by atoms with E-state index < -0.39 is 0 Å². The Hall–Kier alpha value is -1.88. The Labute approximate surface area is 102 Å². The molecular weight excluding hydrogens is 244 g/mol. The number of halogens is 1. The van der Waals surface area contributed by atoms with Crippen molar-refractivity contribution >= 4 is 28.9 Å². The number of aromatic nitrogens is 2. The zero-order valence-electron chi connectivity index (χ0n) is 9.23. The summed E-state index contributed by atoms with van der Waals surface area (Å²) < 4.78 is 10.1. The number of nitrogens with zero attached hydrogens (tertiary/aromatic N) is 2. The molecular formula is C11H9ClN2O3. The molecule has 0 aliphatic carbocycles. The van der Waals surface area contributed by atoms with Crippen molar-refractivity contribution in [2.24, 2.45) is 0 Å². The summed E-state index contributed by atoms with van der Waals surface area (Å²) in [5, 5.41) is 0.418. The number of hydrogen-bond acceptors (Lipinski definition) is 5. The van der Waals surface area contributed by atoms with Crippen LogP contribution in [0, 0.1) is 0 Å². The van der Waals surface area contributed by atoms with Crippen LogP contribution in [-0.2, 0) is 0 Å². The van der Waals surface area contributed by atoms with Gasteiger partial charge in [0.05, 0.1) is 19.7 Å². The first-order valence-electron chi connectivity index (χ1n) is 4.74. The predicted octanol–water partition coefficient (Wildman–Crippen LogP) is 2.11. The highest BCUT2D eigenvalue weighted by atomic mass is 35.5. The number of carbonyl (C=O) groups is 1. The van der Waals surface area contributed by atoms with Crippen molar-refractivity contribution < 1.29 is 14.3 Å². The third-order valence-corrected chi connectivity index (χ3v) is 2.43. The number of rotatable bonds is 3. The first-order valence-corrected chi connectivity index (χ1v) is 5.12. The zero-order valence-corrected chi connectivity index (χ0v) is 9.99. The third-order valence-electron chi connectivity index (χ3n) is 2.22. The van der Waals surface area contributed by atoms with Crippen molar-refractivity contribution in [3.63, 3.8) is 0 Å². The van der Waals surface area contributed by atoms with Gasteiger partial charge in [0.2, 0.25) is 0 Å². The van der Waals surface area contributed by atoms with Crippen molar-refractivity contribution in [3.8, 4) is 11.8 Å². The van der Waals surface area contributed by atoms with Gasteiger partial charge in [-0.25, -0.2) is 9.97 Å². The number of carbonyl (C=O) groups excluding carboxylic acids is 1. The lowest BCUT2D eigenvalue weighted by Gasteiger charge is -2.08. The van der Waals surface area contributed by atoms with E-state index in [1.54, 1.807) is 6.07 Å². The van der Waals surface area contributed by atoms with Crippen molar-refractivity contribution in [2.45, 2.75) is 0 Å². The van der Waals surface area contributed by atoms with Gasteiger partial charge in [0.15, 0.2) is 6.29 Å². The first kappa shape index (κ1) is 11.6. The number of hydrogen-bond donors (Lipinski definition) is 0. The molecule has 2 rings (SSSR count). The van der Waals surface area contributed by atoms with Crippen LogP contribution in [0.15, 0.2) is 12.1 Å². The summed E-state index contributed by atoms with van der Waals surface area (Å²) in [5.74, 6) is 0.476. The summed E-state index contributed by atoms with van der Waals surface area (Å²) in [6.07, 6.45) is 0.675. The van der Waals surface area contributed by atoms with Crippen LogP contribution in [0.5, 0.6) is 11.8 Å². The van der Waals surface area contributed by atoms with Crippen molar-refractivity contribution in [1.29, 1.82) is 0 Å². The van der Waals surface area contributed by atoms with E-state index >= 15 is 0 Å². The van der Waals surface area contributed by atoms with Crippen LogP contribution in [0.2, 0.25) is 5.02 Å². The fourth-order valence-electron chi connectivity index (χ4n) is 1.47. The number of fused-ring (bicyclic) bond motifs is 1. The molecule has 0 fully saturated rings. The molecule has 2 aromatic rings. The molecule has 0 saturated carbocycles. The van der Waals surface area contributed by atoms with Gasteiger partial charge in [-0.3, -0.25) is 4.79 Å². The van der Waals surface area contributed by atoms with Gasteiger partial charge in [0, 0.05) is 10.6 Å². The number of aldehydes is 1. The molecule has 0 aliphatic rings. The molecule has 0 spiro atoms. The lowest BCUT2D eigenvalue weighted by atomic mass is 10.2. The average molecular weight is 253 g/mol. The van der Waals surface area contributed by atoms with Crippen molar-refractivity contribution in [1.82, 2.24) is 9.97 Å². The van der Waals surface area contributed by atoms with E-state index in [4.69, 9.17) is 21.1 Å². The molecule has 0 saturated heterocycles. The van der Waals surface area contributed by atoms with Crippen LogP contribution in [-0.4, -0.2) is 30.5 Å². The van der Waals surface area contributed by atoms with Crippen LogP contribution >= 0.6 is 11.6 Å². The minimum atomic E-state index is 0.227. The Bertz CT molecular complexity index is 586. The molecule has 6 heteroatoms. The van der Waals surface area contributed by atoms with E-state index in [1.165, 1.54) is 20.3 Å². The van der Waals surface area contributed by atoms with Crippen molar-refractivity contribution in [3.05, 3.63) is 22.7 Å². The quantitative estimate of drug-likeness (QED) is 0.783.